The van der Waals surface area contributed by atoms with Gasteiger partial charge in [0, 0.05) is 23.5 Å². The zero-order chi connectivity index (χ0) is 24.2. The summed E-state index contributed by atoms with van der Waals surface area (Å²) in [6, 6.07) is 11.7. The summed E-state index contributed by atoms with van der Waals surface area (Å²) in [6.07, 6.45) is 3.51. The van der Waals surface area contributed by atoms with Gasteiger partial charge >= 0.3 is 0 Å². The first-order chi connectivity index (χ1) is 15.5. The van der Waals surface area contributed by atoms with Crippen LogP contribution in [0, 0.1) is 11.8 Å². The fraction of sp³-hybridized carbons (Fsp3) is 0.280. The second-order valence-electron chi connectivity index (χ2n) is 8.50. The molecule has 0 unspecified atom stereocenters. The second kappa shape index (κ2) is 9.51. The van der Waals surface area contributed by atoms with Gasteiger partial charge in [0.25, 0.3) is 15.9 Å². The average molecular weight is 466 g/mol. The molecule has 33 heavy (non-hydrogen) atoms. The average Bonchev–Trinajstić information content (AvgIpc) is 3.26. The Morgan fingerprint density at radius 3 is 2.55 bits per heavy atom. The molecule has 1 N–H and O–H groups in total. The SMILES string of the molecule is CC#Cc1cc(C(=O)NS(=O)(=O)c2cc(C(C)(C)C)ccc2OC)ccc1Cn1cccn1. The molecular formula is C25H27N3O4S. The minimum Gasteiger partial charge on any atom is -0.495 e. The van der Waals surface area contributed by atoms with Crippen LogP contribution in [0.1, 0.15) is 54.7 Å². The summed E-state index contributed by atoms with van der Waals surface area (Å²) >= 11 is 0. The summed E-state index contributed by atoms with van der Waals surface area (Å²) in [4.78, 5) is 12.8. The molecule has 1 amide bonds. The second-order valence-corrected chi connectivity index (χ2v) is 10.2. The number of rotatable bonds is 6. The van der Waals surface area contributed by atoms with Crippen molar-refractivity contribution in [2.75, 3.05) is 7.11 Å². The molecule has 1 heterocycles. The van der Waals surface area contributed by atoms with Crippen LogP contribution in [0.3, 0.4) is 0 Å². The Hall–Kier alpha value is -3.57. The maximum atomic E-state index is 13.1. The molecule has 0 atom stereocenters. The third-order valence-electron chi connectivity index (χ3n) is 5.07. The van der Waals surface area contributed by atoms with Crippen LogP contribution in [0.2, 0.25) is 0 Å². The molecule has 172 valence electrons. The van der Waals surface area contributed by atoms with Gasteiger partial charge in [0.05, 0.1) is 13.7 Å². The highest BCUT2D eigenvalue weighted by Gasteiger charge is 2.26. The lowest BCUT2D eigenvalue weighted by molar-refractivity contribution is 0.0981. The summed E-state index contributed by atoms with van der Waals surface area (Å²) in [7, 11) is -2.79. The minimum absolute atomic E-state index is 0.0883. The maximum Gasteiger partial charge on any atom is 0.268 e. The van der Waals surface area contributed by atoms with Crippen molar-refractivity contribution in [2.24, 2.45) is 0 Å². The zero-order valence-corrected chi connectivity index (χ0v) is 20.2. The van der Waals surface area contributed by atoms with Crippen LogP contribution in [0.15, 0.2) is 59.8 Å². The predicted molar refractivity (Wildman–Crippen MR) is 127 cm³/mol. The minimum atomic E-state index is -4.18. The molecule has 0 radical (unpaired) electrons. The van der Waals surface area contributed by atoms with Crippen molar-refractivity contribution in [1.29, 1.82) is 0 Å². The van der Waals surface area contributed by atoms with E-state index in [0.29, 0.717) is 12.1 Å². The van der Waals surface area contributed by atoms with Crippen LogP contribution in [-0.2, 0) is 22.0 Å². The molecule has 0 saturated carbocycles. The first kappa shape index (κ1) is 24.1. The molecule has 8 heteroatoms. The Labute approximate surface area is 194 Å². The van der Waals surface area contributed by atoms with E-state index in [1.165, 1.54) is 13.2 Å². The number of hydrogen-bond acceptors (Lipinski definition) is 5. The van der Waals surface area contributed by atoms with E-state index < -0.39 is 15.9 Å². The lowest BCUT2D eigenvalue weighted by atomic mass is 9.87. The lowest BCUT2D eigenvalue weighted by Crippen LogP contribution is -2.31. The number of nitrogens with one attached hydrogen (secondary N) is 1. The van der Waals surface area contributed by atoms with Gasteiger partial charge in [-0.15, -0.1) is 5.92 Å². The number of methoxy groups -OCH3 is 1. The number of hydrogen-bond donors (Lipinski definition) is 1. The zero-order valence-electron chi connectivity index (χ0n) is 19.3. The number of nitrogens with zero attached hydrogens (tertiary/aromatic N) is 2. The van der Waals surface area contributed by atoms with E-state index in [4.69, 9.17) is 4.74 Å². The van der Waals surface area contributed by atoms with Crippen molar-refractivity contribution in [1.82, 2.24) is 14.5 Å². The summed E-state index contributed by atoms with van der Waals surface area (Å²) in [5, 5.41) is 4.19. The molecule has 0 aliphatic heterocycles. The van der Waals surface area contributed by atoms with Gasteiger partial charge in [0.1, 0.15) is 10.6 Å². The van der Waals surface area contributed by atoms with Crippen molar-refractivity contribution >= 4 is 15.9 Å². The number of benzene rings is 2. The van der Waals surface area contributed by atoms with Crippen LogP contribution < -0.4 is 9.46 Å². The van der Waals surface area contributed by atoms with Gasteiger partial charge < -0.3 is 4.74 Å². The Morgan fingerprint density at radius 1 is 1.18 bits per heavy atom. The molecular weight excluding hydrogens is 438 g/mol. The van der Waals surface area contributed by atoms with Gasteiger partial charge in [-0.2, -0.15) is 5.10 Å². The van der Waals surface area contributed by atoms with Crippen LogP contribution in [0.5, 0.6) is 5.75 Å². The highest BCUT2D eigenvalue weighted by atomic mass is 32.2. The van der Waals surface area contributed by atoms with Gasteiger partial charge in [-0.05, 0) is 53.8 Å². The maximum absolute atomic E-state index is 13.1. The van der Waals surface area contributed by atoms with Crippen molar-refractivity contribution in [3.63, 3.8) is 0 Å². The van der Waals surface area contributed by atoms with Crippen molar-refractivity contribution in [3.05, 3.63) is 77.1 Å². The first-order valence-corrected chi connectivity index (χ1v) is 11.8. The Kier molecular flexibility index (Phi) is 6.94. The topological polar surface area (TPSA) is 90.3 Å². The molecule has 7 nitrogen and oxygen atoms in total. The third kappa shape index (κ3) is 5.62. The Bertz CT molecular complexity index is 1330. The standard InChI is InChI=1S/C25H27N3O4S/c1-6-8-18-15-19(9-10-20(18)17-28-14-7-13-26-28)24(29)27-33(30,31)23-16-21(25(2,3)4)11-12-22(23)32-5/h7,9-16H,17H2,1-5H3,(H,27,29). The highest BCUT2D eigenvalue weighted by molar-refractivity contribution is 7.90. The molecule has 0 fully saturated rings. The van der Waals surface area contributed by atoms with Crippen molar-refractivity contribution < 1.29 is 17.9 Å². The van der Waals surface area contributed by atoms with E-state index in [9.17, 15) is 13.2 Å². The predicted octanol–water partition coefficient (Wildman–Crippen LogP) is 3.73. The number of aromatic nitrogens is 2. The molecule has 0 saturated heterocycles. The number of carbonyl (C=O) groups is 1. The summed E-state index contributed by atoms with van der Waals surface area (Å²) < 4.78 is 35.4. The number of ether oxygens (including phenoxy) is 1. The smallest absolute Gasteiger partial charge is 0.268 e. The normalized spacial score (nSPS) is 11.4. The lowest BCUT2D eigenvalue weighted by Gasteiger charge is -2.21. The Balaban J connectivity index is 1.93. The third-order valence-corrected chi connectivity index (χ3v) is 6.42. The summed E-state index contributed by atoms with van der Waals surface area (Å²) in [6.45, 7) is 8.11. The van der Waals surface area contributed by atoms with Crippen LogP contribution in [-0.4, -0.2) is 31.2 Å². The molecule has 1 aromatic heterocycles. The fourth-order valence-electron chi connectivity index (χ4n) is 3.26. The molecule has 0 aliphatic rings. The van der Waals surface area contributed by atoms with Gasteiger partial charge in [-0.1, -0.05) is 38.8 Å². The van der Waals surface area contributed by atoms with E-state index >= 15 is 0 Å². The molecule has 3 aromatic rings. The molecule has 0 bridgehead atoms. The van der Waals surface area contributed by atoms with E-state index in [1.807, 2.05) is 39.1 Å². The first-order valence-electron chi connectivity index (χ1n) is 10.3. The summed E-state index contributed by atoms with van der Waals surface area (Å²) in [5.41, 5.74) is 2.21. The highest BCUT2D eigenvalue weighted by Crippen LogP contribution is 2.30. The van der Waals surface area contributed by atoms with E-state index in [1.54, 1.807) is 42.1 Å². The van der Waals surface area contributed by atoms with E-state index in [0.717, 1.165) is 11.1 Å². The van der Waals surface area contributed by atoms with Crippen LogP contribution in [0.25, 0.3) is 0 Å². The quantitative estimate of drug-likeness (QED) is 0.560. The van der Waals surface area contributed by atoms with Gasteiger partial charge in [0.15, 0.2) is 0 Å². The van der Waals surface area contributed by atoms with E-state index in [-0.39, 0.29) is 21.6 Å². The van der Waals surface area contributed by atoms with Crippen molar-refractivity contribution in [2.45, 2.75) is 44.6 Å². The van der Waals surface area contributed by atoms with Gasteiger partial charge in [-0.3, -0.25) is 9.48 Å². The largest absolute Gasteiger partial charge is 0.495 e. The fourth-order valence-corrected chi connectivity index (χ4v) is 4.43. The van der Waals surface area contributed by atoms with Crippen LogP contribution in [0.4, 0.5) is 0 Å². The molecule has 0 aliphatic carbocycles. The monoisotopic (exact) mass is 465 g/mol. The van der Waals surface area contributed by atoms with Crippen molar-refractivity contribution in [3.8, 4) is 17.6 Å². The van der Waals surface area contributed by atoms with Crippen LogP contribution >= 0.6 is 0 Å². The van der Waals surface area contributed by atoms with E-state index in [2.05, 4.69) is 21.7 Å². The summed E-state index contributed by atoms with van der Waals surface area (Å²) in [5.74, 6) is 5.23. The number of sulfonamides is 1. The van der Waals surface area contributed by atoms with Gasteiger partial charge in [-0.25, -0.2) is 13.1 Å². The molecule has 0 spiro atoms. The Morgan fingerprint density at radius 2 is 1.94 bits per heavy atom. The molecule has 3 rings (SSSR count). The number of carbonyl (C=O) groups excluding carboxylic acids is 1. The number of amides is 1. The van der Waals surface area contributed by atoms with Gasteiger partial charge in [0.2, 0.25) is 0 Å². The molecule has 2 aromatic carbocycles.